The number of nitrogens with one attached hydrogen (secondary N) is 1. The van der Waals surface area contributed by atoms with Crippen LogP contribution in [0.15, 0.2) is 36.7 Å². The standard InChI is InChI=1S/C20H27N5OS/c1-15-14-22-20(27-15)23-18-13-17(6-9-21-18)16-7-11-25(12-8-16)19(26)5-4-10-24(2)3/h4-6,9,13-14,16H,7-8,10-12H2,1-3H3,(H,21,22,23)/b5-4+. The zero-order chi connectivity index (χ0) is 19.2. The number of anilines is 2. The van der Waals surface area contributed by atoms with Crippen molar-refractivity contribution in [2.45, 2.75) is 25.7 Å². The molecule has 2 aromatic heterocycles. The number of rotatable bonds is 6. The summed E-state index contributed by atoms with van der Waals surface area (Å²) >= 11 is 1.62. The van der Waals surface area contributed by atoms with Crippen LogP contribution >= 0.6 is 11.3 Å². The van der Waals surface area contributed by atoms with E-state index >= 15 is 0 Å². The van der Waals surface area contributed by atoms with Crippen molar-refractivity contribution in [2.75, 3.05) is 39.0 Å². The van der Waals surface area contributed by atoms with E-state index in [1.165, 1.54) is 10.4 Å². The summed E-state index contributed by atoms with van der Waals surface area (Å²) in [7, 11) is 3.99. The smallest absolute Gasteiger partial charge is 0.246 e. The molecule has 1 fully saturated rings. The summed E-state index contributed by atoms with van der Waals surface area (Å²) in [6.45, 7) is 4.42. The van der Waals surface area contributed by atoms with Gasteiger partial charge in [-0.25, -0.2) is 9.97 Å². The molecule has 0 bridgehead atoms. The molecule has 1 N–H and O–H groups in total. The number of carbonyl (C=O) groups excluding carboxylic acids is 1. The van der Waals surface area contributed by atoms with E-state index < -0.39 is 0 Å². The van der Waals surface area contributed by atoms with Gasteiger partial charge >= 0.3 is 0 Å². The summed E-state index contributed by atoms with van der Waals surface area (Å²) in [5.74, 6) is 1.40. The highest BCUT2D eigenvalue weighted by Gasteiger charge is 2.23. The largest absolute Gasteiger partial charge is 0.339 e. The Hall–Kier alpha value is -2.25. The lowest BCUT2D eigenvalue weighted by Gasteiger charge is -2.31. The van der Waals surface area contributed by atoms with Gasteiger partial charge in [0.05, 0.1) is 0 Å². The second-order valence-electron chi connectivity index (χ2n) is 7.14. The van der Waals surface area contributed by atoms with Gasteiger partial charge < -0.3 is 15.1 Å². The molecule has 0 aromatic carbocycles. The van der Waals surface area contributed by atoms with Crippen LogP contribution in [0.5, 0.6) is 0 Å². The Labute approximate surface area is 164 Å². The molecule has 6 nitrogen and oxygen atoms in total. The Morgan fingerprint density at radius 3 is 2.81 bits per heavy atom. The predicted molar refractivity (Wildman–Crippen MR) is 111 cm³/mol. The minimum absolute atomic E-state index is 0.117. The highest BCUT2D eigenvalue weighted by molar-refractivity contribution is 7.15. The quantitative estimate of drug-likeness (QED) is 0.772. The van der Waals surface area contributed by atoms with Crippen LogP contribution in [0.4, 0.5) is 10.9 Å². The molecule has 1 aliphatic heterocycles. The van der Waals surface area contributed by atoms with Gasteiger partial charge in [0.15, 0.2) is 5.13 Å². The number of likely N-dealkylation sites (N-methyl/N-ethyl adjacent to an activating group) is 1. The Morgan fingerprint density at radius 1 is 1.37 bits per heavy atom. The molecule has 0 atom stereocenters. The topological polar surface area (TPSA) is 61.4 Å². The maximum absolute atomic E-state index is 12.3. The lowest BCUT2D eigenvalue weighted by molar-refractivity contribution is -0.127. The molecule has 7 heteroatoms. The SMILES string of the molecule is Cc1cnc(Nc2cc(C3CCN(C(=O)/C=C/CN(C)C)CC3)ccn2)s1. The number of amides is 1. The fourth-order valence-corrected chi connectivity index (χ4v) is 3.87. The van der Waals surface area contributed by atoms with Crippen molar-refractivity contribution in [3.8, 4) is 0 Å². The molecule has 3 heterocycles. The zero-order valence-corrected chi connectivity index (χ0v) is 17.0. The number of aromatic nitrogens is 2. The average Bonchev–Trinajstić information content (AvgIpc) is 3.06. The molecule has 0 aliphatic carbocycles. The van der Waals surface area contributed by atoms with E-state index in [1.807, 2.05) is 49.3 Å². The summed E-state index contributed by atoms with van der Waals surface area (Å²) < 4.78 is 0. The minimum Gasteiger partial charge on any atom is -0.339 e. The first kappa shape index (κ1) is 19.5. The van der Waals surface area contributed by atoms with Crippen LogP contribution in [0.1, 0.15) is 29.2 Å². The number of carbonyl (C=O) groups is 1. The van der Waals surface area contributed by atoms with Crippen LogP contribution in [-0.4, -0.2) is 59.4 Å². The van der Waals surface area contributed by atoms with Crippen molar-refractivity contribution in [1.82, 2.24) is 19.8 Å². The van der Waals surface area contributed by atoms with Crippen LogP contribution < -0.4 is 5.32 Å². The highest BCUT2D eigenvalue weighted by atomic mass is 32.1. The molecule has 27 heavy (non-hydrogen) atoms. The molecular weight excluding hydrogens is 358 g/mol. The zero-order valence-electron chi connectivity index (χ0n) is 16.2. The third kappa shape index (κ3) is 5.61. The summed E-state index contributed by atoms with van der Waals surface area (Å²) in [6, 6.07) is 4.19. The molecule has 0 saturated carbocycles. The van der Waals surface area contributed by atoms with Crippen molar-refractivity contribution in [2.24, 2.45) is 0 Å². The van der Waals surface area contributed by atoms with E-state index in [0.717, 1.165) is 43.4 Å². The van der Waals surface area contributed by atoms with Crippen LogP contribution in [0.2, 0.25) is 0 Å². The Balaban J connectivity index is 1.55. The van der Waals surface area contributed by atoms with Gasteiger partial charge in [-0.3, -0.25) is 4.79 Å². The van der Waals surface area contributed by atoms with Gasteiger partial charge in [0, 0.05) is 43.0 Å². The Kier molecular flexibility index (Phi) is 6.58. The van der Waals surface area contributed by atoms with Crippen molar-refractivity contribution < 1.29 is 4.79 Å². The molecule has 144 valence electrons. The van der Waals surface area contributed by atoms with Gasteiger partial charge in [-0.05, 0) is 57.5 Å². The second-order valence-corrected chi connectivity index (χ2v) is 8.37. The first-order valence-corrected chi connectivity index (χ1v) is 10.1. The number of likely N-dealkylation sites (tertiary alicyclic amines) is 1. The molecule has 1 aliphatic rings. The van der Waals surface area contributed by atoms with Crippen LogP contribution in [0.3, 0.4) is 0 Å². The molecular formula is C20H27N5OS. The van der Waals surface area contributed by atoms with Crippen LogP contribution in [-0.2, 0) is 4.79 Å². The fourth-order valence-electron chi connectivity index (χ4n) is 3.19. The van der Waals surface area contributed by atoms with Crippen molar-refractivity contribution >= 4 is 28.2 Å². The lowest BCUT2D eigenvalue weighted by Crippen LogP contribution is -2.37. The first-order chi connectivity index (χ1) is 13.0. The number of pyridine rings is 1. The highest BCUT2D eigenvalue weighted by Crippen LogP contribution is 2.30. The number of aryl methyl sites for hydroxylation is 1. The van der Waals surface area contributed by atoms with E-state index in [2.05, 4.69) is 27.4 Å². The molecule has 0 radical (unpaired) electrons. The summed E-state index contributed by atoms with van der Waals surface area (Å²) in [5.41, 5.74) is 1.27. The van der Waals surface area contributed by atoms with Gasteiger partial charge in [-0.2, -0.15) is 0 Å². The number of piperidine rings is 1. The van der Waals surface area contributed by atoms with E-state index in [9.17, 15) is 4.79 Å². The predicted octanol–water partition coefficient (Wildman–Crippen LogP) is 3.41. The molecule has 2 aromatic rings. The molecule has 1 saturated heterocycles. The average molecular weight is 386 g/mol. The number of nitrogens with zero attached hydrogens (tertiary/aromatic N) is 4. The van der Waals surface area contributed by atoms with Crippen molar-refractivity contribution in [3.63, 3.8) is 0 Å². The Bertz CT molecular complexity index is 793. The van der Waals surface area contributed by atoms with Gasteiger partial charge in [0.2, 0.25) is 5.91 Å². The summed E-state index contributed by atoms with van der Waals surface area (Å²) in [6.07, 6.45) is 9.29. The maximum atomic E-state index is 12.3. The first-order valence-electron chi connectivity index (χ1n) is 9.27. The van der Waals surface area contributed by atoms with Crippen molar-refractivity contribution in [1.29, 1.82) is 0 Å². The van der Waals surface area contributed by atoms with Crippen molar-refractivity contribution in [3.05, 3.63) is 47.1 Å². The van der Waals surface area contributed by atoms with Crippen LogP contribution in [0.25, 0.3) is 0 Å². The fraction of sp³-hybridized carbons (Fsp3) is 0.450. The summed E-state index contributed by atoms with van der Waals surface area (Å²) in [4.78, 5) is 26.2. The van der Waals surface area contributed by atoms with E-state index in [-0.39, 0.29) is 5.91 Å². The van der Waals surface area contributed by atoms with E-state index in [4.69, 9.17) is 0 Å². The van der Waals surface area contributed by atoms with Gasteiger partial charge in [0.25, 0.3) is 0 Å². The molecule has 0 spiro atoms. The maximum Gasteiger partial charge on any atom is 0.246 e. The number of thiazole rings is 1. The third-order valence-electron chi connectivity index (χ3n) is 4.65. The number of hydrogen-bond acceptors (Lipinski definition) is 6. The van der Waals surface area contributed by atoms with E-state index in [1.54, 1.807) is 17.4 Å². The van der Waals surface area contributed by atoms with Gasteiger partial charge in [-0.1, -0.05) is 6.08 Å². The molecule has 1 amide bonds. The summed E-state index contributed by atoms with van der Waals surface area (Å²) in [5, 5.41) is 4.15. The Morgan fingerprint density at radius 2 is 2.15 bits per heavy atom. The van der Waals surface area contributed by atoms with E-state index in [0.29, 0.717) is 5.92 Å². The molecule has 0 unspecified atom stereocenters. The monoisotopic (exact) mass is 385 g/mol. The third-order valence-corrected chi connectivity index (χ3v) is 5.48. The minimum atomic E-state index is 0.117. The second kappa shape index (κ2) is 9.10. The lowest BCUT2D eigenvalue weighted by atomic mass is 9.90. The number of hydrogen-bond donors (Lipinski definition) is 1. The molecule has 3 rings (SSSR count). The van der Waals surface area contributed by atoms with Gasteiger partial charge in [-0.15, -0.1) is 11.3 Å². The van der Waals surface area contributed by atoms with Gasteiger partial charge in [0.1, 0.15) is 5.82 Å². The normalized spacial score (nSPS) is 15.6. The van der Waals surface area contributed by atoms with Crippen LogP contribution in [0, 0.1) is 6.92 Å².